The Morgan fingerprint density at radius 2 is 2.11 bits per heavy atom. The summed E-state index contributed by atoms with van der Waals surface area (Å²) >= 11 is 0. The van der Waals surface area contributed by atoms with E-state index in [1.807, 2.05) is 13.8 Å². The van der Waals surface area contributed by atoms with Crippen molar-refractivity contribution in [3.05, 3.63) is 0 Å². The van der Waals surface area contributed by atoms with Gasteiger partial charge in [-0.2, -0.15) is 0 Å². The minimum atomic E-state index is -0.306. The average molecular weight is 256 g/mol. The Bertz CT molecular complexity index is 292. The highest BCUT2D eigenvalue weighted by Gasteiger charge is 2.23. The highest BCUT2D eigenvalue weighted by atomic mass is 16.5. The highest BCUT2D eigenvalue weighted by Crippen LogP contribution is 2.12. The van der Waals surface area contributed by atoms with Crippen LogP contribution >= 0.6 is 0 Å². The molecular weight excluding hydrogens is 232 g/mol. The first-order valence-corrected chi connectivity index (χ1v) is 6.65. The van der Waals surface area contributed by atoms with E-state index in [-0.39, 0.29) is 18.0 Å². The van der Waals surface area contributed by atoms with Gasteiger partial charge in [-0.3, -0.25) is 4.79 Å². The van der Waals surface area contributed by atoms with Gasteiger partial charge < -0.3 is 15.0 Å². The monoisotopic (exact) mass is 256 g/mol. The zero-order valence-electron chi connectivity index (χ0n) is 11.6. The van der Waals surface area contributed by atoms with Crippen LogP contribution in [0.25, 0.3) is 0 Å². The Morgan fingerprint density at radius 3 is 2.72 bits per heavy atom. The third-order valence-electron chi connectivity index (χ3n) is 3.06. The van der Waals surface area contributed by atoms with E-state index in [1.165, 1.54) is 7.11 Å². The van der Waals surface area contributed by atoms with Gasteiger partial charge in [0, 0.05) is 25.6 Å². The average Bonchev–Trinajstić information content (AvgIpc) is 2.52. The number of ether oxygens (including phenoxy) is 1. The molecule has 1 aliphatic rings. The van der Waals surface area contributed by atoms with Crippen molar-refractivity contribution in [2.75, 3.05) is 20.2 Å². The normalized spacial score (nSPS) is 20.4. The summed E-state index contributed by atoms with van der Waals surface area (Å²) in [6.07, 6.45) is 3.15. The highest BCUT2D eigenvalue weighted by molar-refractivity contribution is 5.76. The molecule has 1 N–H and O–H groups in total. The van der Waals surface area contributed by atoms with Crippen molar-refractivity contribution in [1.82, 2.24) is 10.2 Å². The lowest BCUT2D eigenvalue weighted by molar-refractivity contribution is -0.122. The molecule has 1 atom stereocenters. The largest absolute Gasteiger partial charge is 0.453 e. The van der Waals surface area contributed by atoms with Crippen molar-refractivity contribution >= 4 is 12.0 Å². The number of hydrogen-bond donors (Lipinski definition) is 1. The van der Waals surface area contributed by atoms with Crippen LogP contribution in [-0.4, -0.2) is 43.1 Å². The predicted molar refractivity (Wildman–Crippen MR) is 69.2 cm³/mol. The van der Waals surface area contributed by atoms with Crippen LogP contribution in [0.4, 0.5) is 4.79 Å². The van der Waals surface area contributed by atoms with Crippen LogP contribution in [0.3, 0.4) is 0 Å². The van der Waals surface area contributed by atoms with E-state index >= 15 is 0 Å². The van der Waals surface area contributed by atoms with Crippen molar-refractivity contribution in [1.29, 1.82) is 0 Å². The molecule has 1 fully saturated rings. The van der Waals surface area contributed by atoms with Crippen LogP contribution in [0.2, 0.25) is 0 Å². The maximum Gasteiger partial charge on any atom is 0.409 e. The predicted octanol–water partition coefficient (Wildman–Crippen LogP) is 1.77. The van der Waals surface area contributed by atoms with E-state index in [1.54, 1.807) is 4.90 Å². The van der Waals surface area contributed by atoms with Gasteiger partial charge in [0.05, 0.1) is 7.11 Å². The molecule has 2 amide bonds. The summed E-state index contributed by atoms with van der Waals surface area (Å²) in [6.45, 7) is 5.31. The Kier molecular flexibility index (Phi) is 5.95. The minimum Gasteiger partial charge on any atom is -0.453 e. The summed E-state index contributed by atoms with van der Waals surface area (Å²) in [5.74, 6) is 0.425. The molecule has 0 aromatic heterocycles. The molecule has 18 heavy (non-hydrogen) atoms. The van der Waals surface area contributed by atoms with Crippen molar-refractivity contribution < 1.29 is 14.3 Å². The Balaban J connectivity index is 2.48. The van der Waals surface area contributed by atoms with Gasteiger partial charge in [-0.15, -0.1) is 0 Å². The number of carbonyl (C=O) groups excluding carboxylic acids is 2. The molecule has 1 unspecified atom stereocenters. The third kappa shape index (κ3) is 4.94. The van der Waals surface area contributed by atoms with Crippen LogP contribution in [-0.2, 0) is 9.53 Å². The molecule has 0 aliphatic carbocycles. The van der Waals surface area contributed by atoms with Crippen LogP contribution in [0.15, 0.2) is 0 Å². The van der Waals surface area contributed by atoms with Gasteiger partial charge in [0.25, 0.3) is 0 Å². The summed E-state index contributed by atoms with van der Waals surface area (Å²) in [5.41, 5.74) is 0. The SMILES string of the molecule is COC(=O)N1CCCCC(NC(=O)CC(C)C)C1. The fourth-order valence-corrected chi connectivity index (χ4v) is 2.21. The maximum absolute atomic E-state index is 11.7. The molecule has 0 saturated carbocycles. The first kappa shape index (κ1) is 14.8. The summed E-state index contributed by atoms with van der Waals surface area (Å²) in [6, 6.07) is 0.0536. The number of nitrogens with one attached hydrogen (secondary N) is 1. The fraction of sp³-hybridized carbons (Fsp3) is 0.846. The smallest absolute Gasteiger partial charge is 0.409 e. The summed E-state index contributed by atoms with van der Waals surface area (Å²) in [7, 11) is 1.39. The number of carbonyl (C=O) groups is 2. The first-order valence-electron chi connectivity index (χ1n) is 6.65. The zero-order chi connectivity index (χ0) is 13.5. The zero-order valence-corrected chi connectivity index (χ0v) is 11.6. The Hall–Kier alpha value is -1.26. The Morgan fingerprint density at radius 1 is 1.39 bits per heavy atom. The van der Waals surface area contributed by atoms with Gasteiger partial charge in [0.1, 0.15) is 0 Å². The summed E-state index contributed by atoms with van der Waals surface area (Å²) < 4.78 is 4.74. The van der Waals surface area contributed by atoms with Gasteiger partial charge in [0.15, 0.2) is 0 Å². The molecule has 0 aromatic carbocycles. The molecule has 0 spiro atoms. The lowest BCUT2D eigenvalue weighted by atomic mass is 10.1. The number of rotatable bonds is 3. The molecule has 5 heteroatoms. The van der Waals surface area contributed by atoms with Gasteiger partial charge in [-0.05, 0) is 25.2 Å². The van der Waals surface area contributed by atoms with E-state index in [0.29, 0.717) is 25.4 Å². The topological polar surface area (TPSA) is 58.6 Å². The molecule has 0 aromatic rings. The number of methoxy groups -OCH3 is 1. The van der Waals surface area contributed by atoms with Crippen molar-refractivity contribution in [3.63, 3.8) is 0 Å². The third-order valence-corrected chi connectivity index (χ3v) is 3.06. The van der Waals surface area contributed by atoms with Crippen molar-refractivity contribution in [2.45, 2.75) is 45.6 Å². The van der Waals surface area contributed by atoms with Gasteiger partial charge in [0.2, 0.25) is 5.91 Å². The van der Waals surface area contributed by atoms with Gasteiger partial charge >= 0.3 is 6.09 Å². The fourth-order valence-electron chi connectivity index (χ4n) is 2.21. The lowest BCUT2D eigenvalue weighted by Gasteiger charge is -2.24. The van der Waals surface area contributed by atoms with E-state index in [2.05, 4.69) is 5.32 Å². The second-order valence-electron chi connectivity index (χ2n) is 5.27. The van der Waals surface area contributed by atoms with E-state index in [4.69, 9.17) is 4.74 Å². The molecule has 5 nitrogen and oxygen atoms in total. The second-order valence-corrected chi connectivity index (χ2v) is 5.27. The Labute approximate surface area is 109 Å². The summed E-state index contributed by atoms with van der Waals surface area (Å²) in [4.78, 5) is 24.9. The minimum absolute atomic E-state index is 0.0536. The van der Waals surface area contributed by atoms with Crippen LogP contribution in [0.5, 0.6) is 0 Å². The molecule has 1 rings (SSSR count). The van der Waals surface area contributed by atoms with E-state index in [0.717, 1.165) is 19.3 Å². The number of hydrogen-bond acceptors (Lipinski definition) is 3. The molecule has 1 heterocycles. The maximum atomic E-state index is 11.7. The van der Waals surface area contributed by atoms with Crippen LogP contribution in [0, 0.1) is 5.92 Å². The molecule has 104 valence electrons. The van der Waals surface area contributed by atoms with Gasteiger partial charge in [-0.1, -0.05) is 13.8 Å². The molecule has 0 bridgehead atoms. The first-order chi connectivity index (χ1) is 8.52. The standard InChI is InChI=1S/C13H24N2O3/c1-10(2)8-12(16)14-11-6-4-5-7-15(9-11)13(17)18-3/h10-11H,4-9H2,1-3H3,(H,14,16). The quantitative estimate of drug-likeness (QED) is 0.837. The summed E-state index contributed by atoms with van der Waals surface area (Å²) in [5, 5.41) is 3.01. The number of nitrogens with zero attached hydrogens (tertiary/aromatic N) is 1. The van der Waals surface area contributed by atoms with E-state index < -0.39 is 0 Å². The molecule has 1 aliphatic heterocycles. The number of likely N-dealkylation sites (tertiary alicyclic amines) is 1. The molecular formula is C13H24N2O3. The second kappa shape index (κ2) is 7.24. The lowest BCUT2D eigenvalue weighted by Crippen LogP contribution is -2.44. The van der Waals surface area contributed by atoms with Gasteiger partial charge in [-0.25, -0.2) is 4.79 Å². The molecule has 0 radical (unpaired) electrons. The van der Waals surface area contributed by atoms with Crippen molar-refractivity contribution in [2.24, 2.45) is 5.92 Å². The van der Waals surface area contributed by atoms with Crippen LogP contribution in [0.1, 0.15) is 39.5 Å². The molecule has 1 saturated heterocycles. The van der Waals surface area contributed by atoms with Crippen LogP contribution < -0.4 is 5.32 Å². The van der Waals surface area contributed by atoms with E-state index in [9.17, 15) is 9.59 Å². The number of amides is 2. The van der Waals surface area contributed by atoms with Crippen molar-refractivity contribution in [3.8, 4) is 0 Å².